The summed E-state index contributed by atoms with van der Waals surface area (Å²) in [7, 11) is 1.54. The topological polar surface area (TPSA) is 52.1 Å². The monoisotopic (exact) mass is 220 g/mol. The largest absolute Gasteiger partial charge is 0.377 e. The van der Waals surface area contributed by atoms with Crippen LogP contribution >= 0.6 is 0 Å². The number of ether oxygens (including phenoxy) is 1. The standard InChI is InChI=1S/C12H16N2O2/c1-16-7-9(15)6-12-10-4-2-3-5-11(10)13-8-14-12/h8H,2-7H2,1H3. The van der Waals surface area contributed by atoms with Gasteiger partial charge in [0.2, 0.25) is 0 Å². The lowest BCUT2D eigenvalue weighted by molar-refractivity contribution is -0.122. The van der Waals surface area contributed by atoms with Gasteiger partial charge in [-0.15, -0.1) is 0 Å². The molecule has 1 aromatic rings. The van der Waals surface area contributed by atoms with Gasteiger partial charge in [0, 0.05) is 12.8 Å². The van der Waals surface area contributed by atoms with E-state index in [0.29, 0.717) is 6.42 Å². The van der Waals surface area contributed by atoms with Crippen LogP contribution in [0.3, 0.4) is 0 Å². The molecule has 0 aliphatic heterocycles. The Morgan fingerprint density at radius 1 is 1.38 bits per heavy atom. The smallest absolute Gasteiger partial charge is 0.164 e. The number of nitrogens with zero attached hydrogens (tertiary/aromatic N) is 2. The molecule has 0 saturated carbocycles. The van der Waals surface area contributed by atoms with Gasteiger partial charge in [0.25, 0.3) is 0 Å². The second-order valence-corrected chi connectivity index (χ2v) is 4.10. The highest BCUT2D eigenvalue weighted by atomic mass is 16.5. The first-order valence-electron chi connectivity index (χ1n) is 5.63. The maximum atomic E-state index is 11.5. The molecule has 1 aromatic heterocycles. The zero-order valence-electron chi connectivity index (χ0n) is 9.53. The number of ketones is 1. The van der Waals surface area contributed by atoms with E-state index in [1.807, 2.05) is 0 Å². The van der Waals surface area contributed by atoms with E-state index in [4.69, 9.17) is 4.74 Å². The Morgan fingerprint density at radius 3 is 3.00 bits per heavy atom. The first-order chi connectivity index (χ1) is 7.81. The van der Waals surface area contributed by atoms with Crippen molar-refractivity contribution in [1.82, 2.24) is 9.97 Å². The van der Waals surface area contributed by atoms with Crippen LogP contribution in [0.4, 0.5) is 0 Å². The Bertz CT molecular complexity index is 391. The fourth-order valence-corrected chi connectivity index (χ4v) is 2.14. The highest BCUT2D eigenvalue weighted by molar-refractivity contribution is 5.82. The Balaban J connectivity index is 2.17. The fraction of sp³-hybridized carbons (Fsp3) is 0.583. The molecule has 86 valence electrons. The van der Waals surface area contributed by atoms with E-state index >= 15 is 0 Å². The number of fused-ring (bicyclic) bond motifs is 1. The summed E-state index contributed by atoms with van der Waals surface area (Å²) in [6, 6.07) is 0. The lowest BCUT2D eigenvalue weighted by atomic mass is 9.93. The Hall–Kier alpha value is -1.29. The summed E-state index contributed by atoms with van der Waals surface area (Å²) in [5.74, 6) is 0.0778. The third-order valence-corrected chi connectivity index (χ3v) is 2.88. The SMILES string of the molecule is COCC(=O)Cc1ncnc2c1CCCC2. The number of methoxy groups -OCH3 is 1. The molecule has 1 aliphatic rings. The highest BCUT2D eigenvalue weighted by Gasteiger charge is 2.16. The molecule has 0 atom stereocenters. The van der Waals surface area contributed by atoms with E-state index in [9.17, 15) is 4.79 Å². The third kappa shape index (κ3) is 2.44. The molecular formula is C12H16N2O2. The molecule has 0 N–H and O–H groups in total. The van der Waals surface area contributed by atoms with Gasteiger partial charge in [0.15, 0.2) is 5.78 Å². The predicted molar refractivity (Wildman–Crippen MR) is 59.3 cm³/mol. The van der Waals surface area contributed by atoms with Crippen molar-refractivity contribution in [3.63, 3.8) is 0 Å². The molecule has 1 heterocycles. The van der Waals surface area contributed by atoms with Crippen molar-refractivity contribution in [1.29, 1.82) is 0 Å². The van der Waals surface area contributed by atoms with Crippen LogP contribution in [-0.4, -0.2) is 29.5 Å². The first-order valence-corrected chi connectivity index (χ1v) is 5.63. The van der Waals surface area contributed by atoms with Crippen LogP contribution < -0.4 is 0 Å². The van der Waals surface area contributed by atoms with Crippen molar-refractivity contribution in [2.75, 3.05) is 13.7 Å². The van der Waals surface area contributed by atoms with Crippen molar-refractivity contribution in [2.45, 2.75) is 32.1 Å². The van der Waals surface area contributed by atoms with Crippen molar-refractivity contribution >= 4 is 5.78 Å². The molecule has 0 amide bonds. The Labute approximate surface area is 95.1 Å². The predicted octanol–water partition coefficient (Wildman–Crippen LogP) is 1.11. The van der Waals surface area contributed by atoms with E-state index in [1.54, 1.807) is 6.33 Å². The second kappa shape index (κ2) is 5.16. The molecule has 0 fully saturated rings. The van der Waals surface area contributed by atoms with Crippen LogP contribution in [0.25, 0.3) is 0 Å². The highest BCUT2D eigenvalue weighted by Crippen LogP contribution is 2.21. The fourth-order valence-electron chi connectivity index (χ4n) is 2.14. The second-order valence-electron chi connectivity index (χ2n) is 4.10. The quantitative estimate of drug-likeness (QED) is 0.762. The summed E-state index contributed by atoms with van der Waals surface area (Å²) in [5.41, 5.74) is 3.21. The molecule has 0 bridgehead atoms. The van der Waals surface area contributed by atoms with Gasteiger partial charge in [-0.2, -0.15) is 0 Å². The van der Waals surface area contributed by atoms with E-state index in [2.05, 4.69) is 9.97 Å². The summed E-state index contributed by atoms with van der Waals surface area (Å²) in [6.45, 7) is 0.165. The van der Waals surface area contributed by atoms with Gasteiger partial charge >= 0.3 is 0 Å². The molecule has 4 heteroatoms. The number of Topliss-reactive ketones (excluding diaryl/α,β-unsaturated/α-hetero) is 1. The molecule has 0 spiro atoms. The Morgan fingerprint density at radius 2 is 2.19 bits per heavy atom. The molecule has 0 unspecified atom stereocenters. The van der Waals surface area contributed by atoms with Crippen LogP contribution in [0, 0.1) is 0 Å². The van der Waals surface area contributed by atoms with Crippen molar-refractivity contribution in [3.05, 3.63) is 23.3 Å². The molecule has 0 saturated heterocycles. The molecule has 16 heavy (non-hydrogen) atoms. The third-order valence-electron chi connectivity index (χ3n) is 2.88. The molecule has 2 rings (SSSR count). The zero-order valence-corrected chi connectivity index (χ0v) is 9.53. The normalized spacial score (nSPS) is 14.6. The van der Waals surface area contributed by atoms with Crippen LogP contribution in [0.5, 0.6) is 0 Å². The van der Waals surface area contributed by atoms with Crippen molar-refractivity contribution < 1.29 is 9.53 Å². The maximum absolute atomic E-state index is 11.5. The van der Waals surface area contributed by atoms with Crippen LogP contribution in [0.15, 0.2) is 6.33 Å². The Kier molecular flexibility index (Phi) is 3.62. The summed E-state index contributed by atoms with van der Waals surface area (Å²) in [5, 5.41) is 0. The molecule has 1 aliphatic carbocycles. The average Bonchev–Trinajstić information content (AvgIpc) is 2.30. The van der Waals surface area contributed by atoms with Gasteiger partial charge in [-0.25, -0.2) is 9.97 Å². The minimum absolute atomic E-state index is 0.0778. The first kappa shape index (κ1) is 11.2. The van der Waals surface area contributed by atoms with E-state index in [1.165, 1.54) is 25.5 Å². The molecule has 0 radical (unpaired) electrons. The summed E-state index contributed by atoms with van der Waals surface area (Å²) >= 11 is 0. The number of carbonyl (C=O) groups is 1. The van der Waals surface area contributed by atoms with Crippen LogP contribution in [0.2, 0.25) is 0 Å². The van der Waals surface area contributed by atoms with Gasteiger partial charge in [-0.05, 0) is 31.2 Å². The molecular weight excluding hydrogens is 204 g/mol. The van der Waals surface area contributed by atoms with Gasteiger partial charge in [0.1, 0.15) is 12.9 Å². The van der Waals surface area contributed by atoms with Crippen molar-refractivity contribution in [2.24, 2.45) is 0 Å². The van der Waals surface area contributed by atoms with Crippen LogP contribution in [-0.2, 0) is 28.8 Å². The van der Waals surface area contributed by atoms with Gasteiger partial charge in [0.05, 0.1) is 12.1 Å². The molecule has 0 aromatic carbocycles. The van der Waals surface area contributed by atoms with E-state index in [0.717, 1.165) is 24.2 Å². The van der Waals surface area contributed by atoms with Gasteiger partial charge < -0.3 is 4.74 Å². The van der Waals surface area contributed by atoms with Crippen molar-refractivity contribution in [3.8, 4) is 0 Å². The number of aryl methyl sites for hydroxylation is 1. The lowest BCUT2D eigenvalue weighted by Gasteiger charge is -2.16. The number of aromatic nitrogens is 2. The minimum Gasteiger partial charge on any atom is -0.377 e. The lowest BCUT2D eigenvalue weighted by Crippen LogP contribution is -2.16. The number of hydrogen-bond acceptors (Lipinski definition) is 4. The van der Waals surface area contributed by atoms with E-state index in [-0.39, 0.29) is 12.4 Å². The zero-order chi connectivity index (χ0) is 11.4. The summed E-state index contributed by atoms with van der Waals surface area (Å²) in [6.07, 6.45) is 6.33. The average molecular weight is 220 g/mol. The number of rotatable bonds is 4. The summed E-state index contributed by atoms with van der Waals surface area (Å²) < 4.78 is 4.83. The van der Waals surface area contributed by atoms with Gasteiger partial charge in [-0.3, -0.25) is 4.79 Å². The van der Waals surface area contributed by atoms with Gasteiger partial charge in [-0.1, -0.05) is 0 Å². The number of carbonyl (C=O) groups excluding carboxylic acids is 1. The summed E-state index contributed by atoms with van der Waals surface area (Å²) in [4.78, 5) is 20.0. The molecule has 4 nitrogen and oxygen atoms in total. The van der Waals surface area contributed by atoms with E-state index < -0.39 is 0 Å². The van der Waals surface area contributed by atoms with Crippen LogP contribution in [0.1, 0.15) is 29.8 Å². The number of hydrogen-bond donors (Lipinski definition) is 0. The minimum atomic E-state index is 0.0778. The maximum Gasteiger partial charge on any atom is 0.164 e.